The molecule has 0 aliphatic heterocycles. The van der Waals surface area contributed by atoms with Crippen LogP contribution < -0.4 is 15.5 Å². The van der Waals surface area contributed by atoms with E-state index in [1.54, 1.807) is 72.8 Å². The molecule has 4 aromatic rings. The summed E-state index contributed by atoms with van der Waals surface area (Å²) in [5.74, 6) is 5.92. The van der Waals surface area contributed by atoms with Crippen LogP contribution in [0.2, 0.25) is 0 Å². The van der Waals surface area contributed by atoms with Crippen molar-refractivity contribution in [2.24, 2.45) is 5.90 Å². The minimum absolute atomic E-state index is 0.135. The SMILES string of the molecule is NOc1ccc(C(=O)c2ccc(Oc3ccc(C(=O)c4ccc(F)cc4)cc3)cc2)cc1. The van der Waals surface area contributed by atoms with Crippen molar-refractivity contribution in [1.82, 2.24) is 0 Å². The molecule has 0 atom stereocenters. The van der Waals surface area contributed by atoms with Gasteiger partial charge in [-0.3, -0.25) is 9.59 Å². The summed E-state index contributed by atoms with van der Waals surface area (Å²) in [5.41, 5.74) is 1.90. The highest BCUT2D eigenvalue weighted by Crippen LogP contribution is 2.24. The van der Waals surface area contributed by atoms with Gasteiger partial charge in [-0.2, -0.15) is 5.90 Å². The predicted molar refractivity (Wildman–Crippen MR) is 117 cm³/mol. The molecule has 6 heteroatoms. The molecule has 0 aliphatic rings. The zero-order chi connectivity index (χ0) is 22.5. The number of nitrogens with two attached hydrogens (primary N) is 1. The number of benzene rings is 4. The monoisotopic (exact) mass is 427 g/mol. The fourth-order valence-electron chi connectivity index (χ4n) is 3.10. The van der Waals surface area contributed by atoms with Crippen molar-refractivity contribution < 1.29 is 23.6 Å². The standard InChI is InChI=1S/C26H18FNO4/c27-21-9-1-17(2-10-21)25(29)18-3-11-22(12-4-18)31-23-13-5-19(6-14-23)26(30)20-7-15-24(32-28)16-8-20/h1-16H,28H2. The topological polar surface area (TPSA) is 78.6 Å². The van der Waals surface area contributed by atoms with Crippen LogP contribution in [-0.2, 0) is 0 Å². The highest BCUT2D eigenvalue weighted by molar-refractivity contribution is 6.09. The first-order valence-electron chi connectivity index (χ1n) is 9.73. The van der Waals surface area contributed by atoms with Crippen molar-refractivity contribution in [3.63, 3.8) is 0 Å². The Morgan fingerprint density at radius 3 is 1.19 bits per heavy atom. The summed E-state index contributed by atoms with van der Waals surface area (Å²) in [5, 5.41) is 0. The van der Waals surface area contributed by atoms with E-state index in [0.717, 1.165) is 0 Å². The Labute approximate surface area is 183 Å². The zero-order valence-corrected chi connectivity index (χ0v) is 16.8. The van der Waals surface area contributed by atoms with Crippen molar-refractivity contribution in [2.45, 2.75) is 0 Å². The lowest BCUT2D eigenvalue weighted by Gasteiger charge is -2.08. The van der Waals surface area contributed by atoms with Gasteiger partial charge in [0.2, 0.25) is 0 Å². The molecular weight excluding hydrogens is 409 g/mol. The lowest BCUT2D eigenvalue weighted by Crippen LogP contribution is -2.04. The summed E-state index contributed by atoms with van der Waals surface area (Å²) < 4.78 is 18.8. The smallest absolute Gasteiger partial charge is 0.193 e. The molecule has 0 unspecified atom stereocenters. The molecule has 4 rings (SSSR count). The molecule has 2 N–H and O–H groups in total. The average molecular weight is 427 g/mol. The van der Waals surface area contributed by atoms with Crippen LogP contribution in [0.15, 0.2) is 97.1 Å². The van der Waals surface area contributed by atoms with E-state index in [0.29, 0.717) is 39.5 Å². The molecule has 32 heavy (non-hydrogen) atoms. The third-order valence-electron chi connectivity index (χ3n) is 4.83. The van der Waals surface area contributed by atoms with Crippen molar-refractivity contribution in [3.05, 3.63) is 125 Å². The Kier molecular flexibility index (Phi) is 6.05. The summed E-state index contributed by atoms with van der Waals surface area (Å²) in [6.45, 7) is 0. The Morgan fingerprint density at radius 1 is 0.531 bits per heavy atom. The maximum atomic E-state index is 13.0. The molecule has 4 aromatic carbocycles. The quantitative estimate of drug-likeness (QED) is 0.318. The number of rotatable bonds is 7. The van der Waals surface area contributed by atoms with E-state index >= 15 is 0 Å². The minimum atomic E-state index is -0.392. The molecule has 0 aliphatic carbocycles. The summed E-state index contributed by atoms with van der Waals surface area (Å²) in [4.78, 5) is 29.7. The molecule has 5 nitrogen and oxygen atoms in total. The Morgan fingerprint density at radius 2 is 0.844 bits per heavy atom. The van der Waals surface area contributed by atoms with Crippen LogP contribution in [0.5, 0.6) is 17.2 Å². The van der Waals surface area contributed by atoms with Crippen LogP contribution in [0.4, 0.5) is 4.39 Å². The lowest BCUT2D eigenvalue weighted by molar-refractivity contribution is 0.103. The second-order valence-corrected chi connectivity index (χ2v) is 6.96. The van der Waals surface area contributed by atoms with E-state index in [1.807, 2.05) is 0 Å². The Hall–Kier alpha value is -4.29. The van der Waals surface area contributed by atoms with Gasteiger partial charge in [-0.15, -0.1) is 0 Å². The van der Waals surface area contributed by atoms with Gasteiger partial charge in [-0.1, -0.05) is 0 Å². The first-order valence-corrected chi connectivity index (χ1v) is 9.73. The average Bonchev–Trinajstić information content (AvgIpc) is 2.85. The summed E-state index contributed by atoms with van der Waals surface area (Å²) in [7, 11) is 0. The van der Waals surface area contributed by atoms with Gasteiger partial charge in [0.05, 0.1) is 0 Å². The van der Waals surface area contributed by atoms with Gasteiger partial charge in [-0.05, 0) is 97.1 Å². The normalized spacial score (nSPS) is 10.4. The third kappa shape index (κ3) is 4.71. The van der Waals surface area contributed by atoms with Crippen molar-refractivity contribution in [3.8, 4) is 17.2 Å². The molecule has 0 saturated carbocycles. The van der Waals surface area contributed by atoms with Crippen LogP contribution >= 0.6 is 0 Å². The van der Waals surface area contributed by atoms with Crippen LogP contribution in [0.3, 0.4) is 0 Å². The Balaban J connectivity index is 1.42. The molecule has 0 aromatic heterocycles. The first-order chi connectivity index (χ1) is 15.5. The fraction of sp³-hybridized carbons (Fsp3) is 0. The molecule has 0 fully saturated rings. The first kappa shape index (κ1) is 21.0. The number of carbonyl (C=O) groups is 2. The molecule has 0 heterocycles. The van der Waals surface area contributed by atoms with E-state index in [1.165, 1.54) is 24.3 Å². The van der Waals surface area contributed by atoms with Crippen LogP contribution in [0.1, 0.15) is 31.8 Å². The number of hydrogen-bond donors (Lipinski definition) is 1. The van der Waals surface area contributed by atoms with Gasteiger partial charge in [0, 0.05) is 22.3 Å². The third-order valence-corrected chi connectivity index (χ3v) is 4.83. The number of hydrogen-bond acceptors (Lipinski definition) is 5. The molecule has 0 bridgehead atoms. The van der Waals surface area contributed by atoms with Gasteiger partial charge in [0.25, 0.3) is 0 Å². The summed E-state index contributed by atoms with van der Waals surface area (Å²) >= 11 is 0. The van der Waals surface area contributed by atoms with Crippen LogP contribution in [-0.4, -0.2) is 11.6 Å². The number of ketones is 2. The second-order valence-electron chi connectivity index (χ2n) is 6.96. The highest BCUT2D eigenvalue weighted by Gasteiger charge is 2.11. The maximum Gasteiger partial charge on any atom is 0.193 e. The lowest BCUT2D eigenvalue weighted by atomic mass is 10.0. The van der Waals surface area contributed by atoms with Crippen LogP contribution in [0, 0.1) is 5.82 Å². The molecule has 158 valence electrons. The number of halogens is 1. The Bertz CT molecular complexity index is 1230. The van der Waals surface area contributed by atoms with Gasteiger partial charge in [0.1, 0.15) is 23.1 Å². The zero-order valence-electron chi connectivity index (χ0n) is 16.8. The summed E-state index contributed by atoms with van der Waals surface area (Å²) in [6.07, 6.45) is 0. The van der Waals surface area contributed by atoms with E-state index in [4.69, 9.17) is 10.6 Å². The van der Waals surface area contributed by atoms with E-state index in [-0.39, 0.29) is 11.6 Å². The van der Waals surface area contributed by atoms with Gasteiger partial charge >= 0.3 is 0 Å². The molecule has 0 saturated heterocycles. The highest BCUT2D eigenvalue weighted by atomic mass is 19.1. The van der Waals surface area contributed by atoms with Gasteiger partial charge in [-0.25, -0.2) is 4.39 Å². The van der Waals surface area contributed by atoms with E-state index in [9.17, 15) is 14.0 Å². The molecular formula is C26H18FNO4. The van der Waals surface area contributed by atoms with E-state index < -0.39 is 5.82 Å². The van der Waals surface area contributed by atoms with Gasteiger partial charge in [0.15, 0.2) is 11.6 Å². The van der Waals surface area contributed by atoms with E-state index in [2.05, 4.69) is 4.84 Å². The van der Waals surface area contributed by atoms with Crippen molar-refractivity contribution in [2.75, 3.05) is 0 Å². The number of ether oxygens (including phenoxy) is 1. The summed E-state index contributed by atoms with van der Waals surface area (Å²) in [6, 6.07) is 25.3. The minimum Gasteiger partial charge on any atom is -0.457 e. The molecule has 0 amide bonds. The molecule has 0 spiro atoms. The molecule has 0 radical (unpaired) electrons. The fourth-order valence-corrected chi connectivity index (χ4v) is 3.10. The second kappa shape index (κ2) is 9.24. The maximum absolute atomic E-state index is 13.0. The van der Waals surface area contributed by atoms with Gasteiger partial charge < -0.3 is 9.57 Å². The van der Waals surface area contributed by atoms with Crippen LogP contribution in [0.25, 0.3) is 0 Å². The predicted octanol–water partition coefficient (Wildman–Crippen LogP) is 5.33. The number of carbonyl (C=O) groups excluding carboxylic acids is 2. The van der Waals surface area contributed by atoms with Crippen molar-refractivity contribution in [1.29, 1.82) is 0 Å². The van der Waals surface area contributed by atoms with Crippen molar-refractivity contribution >= 4 is 11.6 Å². The largest absolute Gasteiger partial charge is 0.457 e.